The van der Waals surface area contributed by atoms with E-state index in [1.165, 1.54) is 10.9 Å². The molecule has 0 aliphatic carbocycles. The highest BCUT2D eigenvalue weighted by Crippen LogP contribution is 2.25. The molecule has 0 saturated carbocycles. The number of H-pyrrole nitrogens is 1. The molecule has 0 aliphatic rings. The molecule has 7 heteroatoms. The van der Waals surface area contributed by atoms with E-state index in [9.17, 15) is 4.79 Å². The molecule has 3 rings (SSSR count). The second-order valence-corrected chi connectivity index (χ2v) is 6.47. The third-order valence-corrected chi connectivity index (χ3v) is 4.25. The van der Waals surface area contributed by atoms with Crippen molar-refractivity contribution in [2.75, 3.05) is 5.43 Å². The predicted octanol–water partition coefficient (Wildman–Crippen LogP) is 4.54. The molecule has 0 saturated heterocycles. The summed E-state index contributed by atoms with van der Waals surface area (Å²) in [5, 5.41) is 8.21. The first kappa shape index (κ1) is 17.3. The van der Waals surface area contributed by atoms with Gasteiger partial charge in [-0.3, -0.25) is 15.3 Å². The van der Waals surface area contributed by atoms with Crippen LogP contribution in [0.15, 0.2) is 52.4 Å². The Balaban J connectivity index is 1.88. The van der Waals surface area contributed by atoms with E-state index in [0.29, 0.717) is 27.0 Å². The largest absolute Gasteiger partial charge is 0.295 e. The maximum Gasteiger partial charge on any atom is 0.280 e. The fourth-order valence-electron chi connectivity index (χ4n) is 2.41. The summed E-state index contributed by atoms with van der Waals surface area (Å²) in [6.07, 6.45) is 1.47. The molecular weight excluding hydrogens is 359 g/mol. The number of aromatic amines is 1. The van der Waals surface area contributed by atoms with Crippen molar-refractivity contribution < 1.29 is 0 Å². The average molecular weight is 375 g/mol. The smallest absolute Gasteiger partial charge is 0.280 e. The molecular formula is C18H16Cl2N4O. The molecule has 0 aliphatic heterocycles. The molecule has 2 aromatic carbocycles. The van der Waals surface area contributed by atoms with E-state index in [4.69, 9.17) is 23.2 Å². The fraction of sp³-hybridized carbons (Fsp3) is 0.111. The quantitative estimate of drug-likeness (QED) is 0.520. The highest BCUT2D eigenvalue weighted by atomic mass is 35.5. The van der Waals surface area contributed by atoms with Gasteiger partial charge in [0.1, 0.15) is 0 Å². The lowest BCUT2D eigenvalue weighted by atomic mass is 10.2. The summed E-state index contributed by atoms with van der Waals surface area (Å²) >= 11 is 12.0. The molecule has 1 heterocycles. The second kappa shape index (κ2) is 7.17. The van der Waals surface area contributed by atoms with Crippen molar-refractivity contribution in [1.29, 1.82) is 0 Å². The van der Waals surface area contributed by atoms with Crippen LogP contribution in [0, 0.1) is 13.8 Å². The summed E-state index contributed by atoms with van der Waals surface area (Å²) in [5.41, 5.74) is 6.23. The molecule has 1 aromatic heterocycles. The molecule has 128 valence electrons. The van der Waals surface area contributed by atoms with Crippen LogP contribution >= 0.6 is 23.2 Å². The van der Waals surface area contributed by atoms with Crippen LogP contribution in [0.2, 0.25) is 10.0 Å². The molecule has 0 radical (unpaired) electrons. The van der Waals surface area contributed by atoms with Gasteiger partial charge >= 0.3 is 0 Å². The molecule has 0 amide bonds. The van der Waals surface area contributed by atoms with Gasteiger partial charge in [-0.05, 0) is 49.7 Å². The summed E-state index contributed by atoms with van der Waals surface area (Å²) in [6.45, 7) is 3.80. The van der Waals surface area contributed by atoms with Crippen LogP contribution < -0.4 is 11.0 Å². The monoisotopic (exact) mass is 374 g/mol. The Morgan fingerprint density at radius 2 is 1.96 bits per heavy atom. The van der Waals surface area contributed by atoms with Gasteiger partial charge in [-0.15, -0.1) is 0 Å². The molecule has 5 nitrogen and oxygen atoms in total. The maximum atomic E-state index is 12.6. The number of benzene rings is 2. The highest BCUT2D eigenvalue weighted by Gasteiger charge is 2.10. The van der Waals surface area contributed by atoms with Gasteiger partial charge in [0.2, 0.25) is 0 Å². The lowest BCUT2D eigenvalue weighted by molar-refractivity contribution is 0.834. The topological polar surface area (TPSA) is 62.2 Å². The molecule has 0 atom stereocenters. The Morgan fingerprint density at radius 3 is 2.72 bits per heavy atom. The Bertz CT molecular complexity index is 1000. The molecule has 0 bridgehead atoms. The number of aromatic nitrogens is 2. The maximum absolute atomic E-state index is 12.6. The third-order valence-electron chi connectivity index (χ3n) is 3.68. The number of anilines is 1. The number of hydrazone groups is 1. The Hall–Kier alpha value is -2.50. The summed E-state index contributed by atoms with van der Waals surface area (Å²) in [6, 6.07) is 12.7. The zero-order valence-corrected chi connectivity index (χ0v) is 15.2. The minimum absolute atomic E-state index is 0.175. The number of hydrogen-bond acceptors (Lipinski definition) is 3. The van der Waals surface area contributed by atoms with E-state index in [1.54, 1.807) is 18.2 Å². The van der Waals surface area contributed by atoms with Crippen molar-refractivity contribution in [2.24, 2.45) is 5.10 Å². The van der Waals surface area contributed by atoms with Gasteiger partial charge in [0, 0.05) is 10.7 Å². The van der Waals surface area contributed by atoms with E-state index in [0.717, 1.165) is 11.3 Å². The zero-order valence-electron chi connectivity index (χ0n) is 13.7. The minimum Gasteiger partial charge on any atom is -0.295 e. The van der Waals surface area contributed by atoms with Crippen LogP contribution in [-0.4, -0.2) is 16.0 Å². The molecule has 0 spiro atoms. The summed E-state index contributed by atoms with van der Waals surface area (Å²) < 4.78 is 1.50. The molecule has 0 unspecified atom stereocenters. The number of aryl methyl sites for hydroxylation is 2. The lowest BCUT2D eigenvalue weighted by Gasteiger charge is -2.03. The average Bonchev–Trinajstić information content (AvgIpc) is 2.86. The van der Waals surface area contributed by atoms with Gasteiger partial charge in [-0.2, -0.15) is 5.10 Å². The van der Waals surface area contributed by atoms with Crippen LogP contribution in [0.4, 0.5) is 5.69 Å². The van der Waals surface area contributed by atoms with E-state index in [1.807, 2.05) is 38.1 Å². The van der Waals surface area contributed by atoms with Gasteiger partial charge in [0.25, 0.3) is 5.56 Å². The van der Waals surface area contributed by atoms with Gasteiger partial charge in [-0.1, -0.05) is 35.3 Å². The highest BCUT2D eigenvalue weighted by molar-refractivity contribution is 6.35. The number of nitrogens with one attached hydrogen (secondary N) is 2. The third kappa shape index (κ3) is 3.78. The van der Waals surface area contributed by atoms with Gasteiger partial charge in [-0.25, -0.2) is 4.68 Å². The Kier molecular flexibility index (Phi) is 4.97. The van der Waals surface area contributed by atoms with E-state index in [-0.39, 0.29) is 5.56 Å². The van der Waals surface area contributed by atoms with Crippen molar-refractivity contribution in [3.63, 3.8) is 0 Å². The van der Waals surface area contributed by atoms with E-state index >= 15 is 0 Å². The number of nitrogens with zero attached hydrogens (tertiary/aromatic N) is 2. The second-order valence-electron chi connectivity index (χ2n) is 5.62. The molecule has 0 fully saturated rings. The number of halogens is 2. The summed E-state index contributed by atoms with van der Waals surface area (Å²) in [4.78, 5) is 12.6. The van der Waals surface area contributed by atoms with E-state index < -0.39 is 0 Å². The minimum atomic E-state index is -0.175. The lowest BCUT2D eigenvalue weighted by Crippen LogP contribution is -2.17. The number of rotatable bonds is 4. The molecule has 2 N–H and O–H groups in total. The van der Waals surface area contributed by atoms with Crippen LogP contribution in [-0.2, 0) is 0 Å². The Labute approximate surface area is 154 Å². The van der Waals surface area contributed by atoms with Crippen molar-refractivity contribution >= 4 is 35.1 Å². The number of hydrogen-bond donors (Lipinski definition) is 2. The molecule has 3 aromatic rings. The van der Waals surface area contributed by atoms with Crippen molar-refractivity contribution in [1.82, 2.24) is 9.78 Å². The van der Waals surface area contributed by atoms with Gasteiger partial charge in [0.15, 0.2) is 0 Å². The fourth-order valence-corrected chi connectivity index (χ4v) is 2.74. The first-order valence-electron chi connectivity index (χ1n) is 7.58. The van der Waals surface area contributed by atoms with Crippen LogP contribution in [0.5, 0.6) is 0 Å². The van der Waals surface area contributed by atoms with Crippen molar-refractivity contribution in [3.05, 3.63) is 79.7 Å². The first-order valence-corrected chi connectivity index (χ1v) is 8.34. The first-order chi connectivity index (χ1) is 12.0. The van der Waals surface area contributed by atoms with Crippen molar-refractivity contribution in [2.45, 2.75) is 13.8 Å². The van der Waals surface area contributed by atoms with Crippen LogP contribution in [0.25, 0.3) is 5.69 Å². The van der Waals surface area contributed by atoms with E-state index in [2.05, 4.69) is 15.6 Å². The normalized spacial score (nSPS) is 11.2. The Morgan fingerprint density at radius 1 is 1.16 bits per heavy atom. The van der Waals surface area contributed by atoms with Crippen LogP contribution in [0.3, 0.4) is 0 Å². The zero-order chi connectivity index (χ0) is 18.0. The van der Waals surface area contributed by atoms with Crippen molar-refractivity contribution in [3.8, 4) is 5.69 Å². The SMILES string of the molecule is Cc1cccc(-n2[nH]c(C)c(/C=N\Nc3cc(Cl)ccc3Cl)c2=O)c1. The predicted molar refractivity (Wildman–Crippen MR) is 104 cm³/mol. The molecule has 25 heavy (non-hydrogen) atoms. The van der Waals surface area contributed by atoms with Crippen LogP contribution in [0.1, 0.15) is 16.8 Å². The summed E-state index contributed by atoms with van der Waals surface area (Å²) in [5.74, 6) is 0. The standard InChI is InChI=1S/C18H16Cl2N4O/c1-11-4-3-5-14(8-11)24-18(25)15(12(2)23-24)10-21-22-17-9-13(19)6-7-16(17)20/h3-10,22-23H,1-2H3/b21-10-. The van der Waals surface area contributed by atoms with Gasteiger partial charge in [0.05, 0.1) is 28.2 Å². The summed E-state index contributed by atoms with van der Waals surface area (Å²) in [7, 11) is 0. The van der Waals surface area contributed by atoms with Gasteiger partial charge < -0.3 is 0 Å².